The van der Waals surface area contributed by atoms with Gasteiger partial charge in [0.1, 0.15) is 11.4 Å². The predicted octanol–water partition coefficient (Wildman–Crippen LogP) is 2.01. The molecule has 2 aromatic rings. The molecule has 0 spiro atoms. The van der Waals surface area contributed by atoms with Crippen molar-refractivity contribution in [2.24, 2.45) is 4.99 Å². The van der Waals surface area contributed by atoms with Gasteiger partial charge in [0.05, 0.1) is 25.0 Å². The molecule has 3 heterocycles. The molecule has 1 saturated heterocycles. The lowest BCUT2D eigenvalue weighted by molar-refractivity contribution is -0.137. The van der Waals surface area contributed by atoms with Gasteiger partial charge in [-0.15, -0.1) is 11.3 Å². The van der Waals surface area contributed by atoms with Crippen LogP contribution in [-0.4, -0.2) is 55.5 Å². The largest absolute Gasteiger partial charge is 0.466 e. The summed E-state index contributed by atoms with van der Waals surface area (Å²) in [6.45, 7) is 2.05. The Hall–Kier alpha value is -2.63. The van der Waals surface area contributed by atoms with E-state index in [1.807, 2.05) is 0 Å². The van der Waals surface area contributed by atoms with E-state index in [1.165, 1.54) is 34.9 Å². The van der Waals surface area contributed by atoms with Gasteiger partial charge in [0.2, 0.25) is 10.0 Å². The van der Waals surface area contributed by atoms with Crippen molar-refractivity contribution in [2.45, 2.75) is 18.9 Å². The fourth-order valence-electron chi connectivity index (χ4n) is 3.82. The Labute approximate surface area is 183 Å². The number of aliphatic imine (C=N–C) groups is 1. The number of nitrogens with zero attached hydrogens (tertiary/aromatic N) is 3. The van der Waals surface area contributed by atoms with Crippen LogP contribution < -0.4 is 5.32 Å². The fourth-order valence-corrected chi connectivity index (χ4v) is 5.89. The van der Waals surface area contributed by atoms with Gasteiger partial charge in [0.25, 0.3) is 0 Å². The fraction of sp³-hybridized carbons (Fsp3) is 0.350. The molecule has 0 amide bonds. The number of nitrogens with one attached hydrogen (secondary N) is 1. The van der Waals surface area contributed by atoms with Crippen LogP contribution in [0.3, 0.4) is 0 Å². The summed E-state index contributed by atoms with van der Waals surface area (Å²) in [6, 6.07) is 5.69. The molecule has 1 fully saturated rings. The zero-order valence-corrected chi connectivity index (χ0v) is 18.6. The highest BCUT2D eigenvalue weighted by Crippen LogP contribution is 2.39. The number of sulfonamides is 1. The lowest BCUT2D eigenvalue weighted by Crippen LogP contribution is -2.45. The molecule has 2 aliphatic heterocycles. The van der Waals surface area contributed by atoms with E-state index < -0.39 is 27.3 Å². The molecule has 2 aliphatic rings. The molecule has 1 unspecified atom stereocenters. The van der Waals surface area contributed by atoms with Crippen LogP contribution in [0.15, 0.2) is 52.1 Å². The third-order valence-corrected chi connectivity index (χ3v) is 8.04. The van der Waals surface area contributed by atoms with E-state index in [0.717, 1.165) is 0 Å². The monoisotopic (exact) mass is 464 g/mol. The van der Waals surface area contributed by atoms with Crippen molar-refractivity contribution < 1.29 is 22.3 Å². The van der Waals surface area contributed by atoms with E-state index >= 15 is 0 Å². The molecule has 8 nitrogen and oxygen atoms in total. The van der Waals surface area contributed by atoms with E-state index in [0.29, 0.717) is 35.1 Å². The first kappa shape index (κ1) is 21.6. The number of rotatable bonds is 5. The smallest absolute Gasteiger partial charge is 0.338 e. The van der Waals surface area contributed by atoms with Gasteiger partial charge in [-0.05, 0) is 31.0 Å². The number of halogens is 1. The van der Waals surface area contributed by atoms with Gasteiger partial charge in [-0.2, -0.15) is 4.31 Å². The first-order valence-electron chi connectivity index (χ1n) is 9.57. The summed E-state index contributed by atoms with van der Waals surface area (Å²) < 4.78 is 44.9. The van der Waals surface area contributed by atoms with Crippen LogP contribution in [0.1, 0.15) is 23.9 Å². The van der Waals surface area contributed by atoms with Crippen LogP contribution in [-0.2, 0) is 25.1 Å². The topological polar surface area (TPSA) is 101 Å². The Morgan fingerprint density at radius 1 is 1.35 bits per heavy atom. The maximum atomic E-state index is 13.6. The minimum absolute atomic E-state index is 0.0338. The number of amidine groups is 1. The second kappa shape index (κ2) is 8.13. The Balaban J connectivity index is 1.90. The summed E-state index contributed by atoms with van der Waals surface area (Å²) in [4.78, 5) is 22.0. The van der Waals surface area contributed by atoms with Crippen LogP contribution in [0.4, 0.5) is 4.39 Å². The maximum absolute atomic E-state index is 13.6. The molecule has 4 rings (SSSR count). The Morgan fingerprint density at radius 2 is 2.10 bits per heavy atom. The number of methoxy groups -OCH3 is 1. The molecule has 1 atom stereocenters. The Morgan fingerprint density at radius 3 is 2.68 bits per heavy atom. The lowest BCUT2D eigenvalue weighted by Gasteiger charge is -2.35. The number of carbonyl (C=O) groups excluding carboxylic acids is 1. The van der Waals surface area contributed by atoms with Gasteiger partial charge in [0, 0.05) is 23.8 Å². The van der Waals surface area contributed by atoms with E-state index in [-0.39, 0.29) is 17.9 Å². The summed E-state index contributed by atoms with van der Waals surface area (Å²) in [5.74, 6) is -0.595. The maximum Gasteiger partial charge on any atom is 0.338 e. The molecule has 0 radical (unpaired) electrons. The van der Waals surface area contributed by atoms with E-state index in [1.54, 1.807) is 30.6 Å². The summed E-state index contributed by atoms with van der Waals surface area (Å²) in [7, 11) is -2.16. The van der Waals surface area contributed by atoms with Crippen molar-refractivity contribution in [1.29, 1.82) is 0 Å². The average molecular weight is 465 g/mol. The molecule has 0 bridgehead atoms. The number of esters is 1. The predicted molar refractivity (Wildman–Crippen MR) is 115 cm³/mol. The zero-order valence-electron chi connectivity index (χ0n) is 17.0. The summed E-state index contributed by atoms with van der Waals surface area (Å²) in [5.41, 5.74) is -0.147. The highest BCUT2D eigenvalue weighted by Gasteiger charge is 2.43. The van der Waals surface area contributed by atoms with E-state index in [2.05, 4.69) is 10.3 Å². The molecule has 31 heavy (non-hydrogen) atoms. The summed E-state index contributed by atoms with van der Waals surface area (Å²) in [6.07, 6.45) is 2.15. The highest BCUT2D eigenvalue weighted by molar-refractivity contribution is 7.89. The molecular weight excluding hydrogens is 443 g/mol. The minimum Gasteiger partial charge on any atom is -0.466 e. The summed E-state index contributed by atoms with van der Waals surface area (Å²) >= 11 is 1.35. The quantitative estimate of drug-likeness (QED) is 0.680. The zero-order chi connectivity index (χ0) is 22.2. The second-order valence-electron chi connectivity index (χ2n) is 7.35. The van der Waals surface area contributed by atoms with Crippen LogP contribution in [0.5, 0.6) is 0 Å². The van der Waals surface area contributed by atoms with Gasteiger partial charge < -0.3 is 10.1 Å². The van der Waals surface area contributed by atoms with Gasteiger partial charge in [-0.3, -0.25) is 0 Å². The van der Waals surface area contributed by atoms with Crippen molar-refractivity contribution >= 4 is 33.2 Å². The number of ether oxygens (including phenoxy) is 1. The Kier molecular flexibility index (Phi) is 5.67. The first-order chi connectivity index (χ1) is 14.7. The molecule has 1 aromatic heterocycles. The number of carbonyl (C=O) groups is 1. The van der Waals surface area contributed by atoms with Crippen LogP contribution in [0.25, 0.3) is 0 Å². The molecular formula is C20H21FN4O4S2. The van der Waals surface area contributed by atoms with Crippen molar-refractivity contribution in [1.82, 2.24) is 14.6 Å². The summed E-state index contributed by atoms with van der Waals surface area (Å²) in [5, 5.41) is 5.49. The third-order valence-electron chi connectivity index (χ3n) is 5.36. The van der Waals surface area contributed by atoms with Crippen molar-refractivity contribution in [3.63, 3.8) is 0 Å². The molecule has 1 aromatic carbocycles. The van der Waals surface area contributed by atoms with Crippen LogP contribution in [0.2, 0.25) is 0 Å². The van der Waals surface area contributed by atoms with E-state index in [9.17, 15) is 17.6 Å². The van der Waals surface area contributed by atoms with E-state index in [4.69, 9.17) is 9.73 Å². The van der Waals surface area contributed by atoms with Gasteiger partial charge in [-0.1, -0.05) is 12.1 Å². The number of hydrogen-bond donors (Lipinski definition) is 1. The number of hydrogen-bond acceptors (Lipinski definition) is 8. The molecule has 0 aliphatic carbocycles. The standard InChI is InChI=1S/C20H21FN4O4S2/c1-20(13-4-6-14(21)7-5-13)16(19(26)29-2)15(12-25-9-3-11-31(25,27)28)23-17(24-20)18-22-8-10-30-18/h4-8,10H,3,9,11-12H2,1-2H3,(H,23,24). The Bertz CT molecular complexity index is 1160. The number of aromatic nitrogens is 1. The highest BCUT2D eigenvalue weighted by atomic mass is 32.2. The molecule has 164 valence electrons. The van der Waals surface area contributed by atoms with Crippen molar-refractivity contribution in [2.75, 3.05) is 26.0 Å². The van der Waals surface area contributed by atoms with Crippen LogP contribution in [0, 0.1) is 5.82 Å². The lowest BCUT2D eigenvalue weighted by atomic mass is 9.82. The number of thiazole rings is 1. The molecule has 0 saturated carbocycles. The molecule has 1 N–H and O–H groups in total. The van der Waals surface area contributed by atoms with Crippen molar-refractivity contribution in [3.8, 4) is 0 Å². The minimum atomic E-state index is -3.42. The van der Waals surface area contributed by atoms with Crippen LogP contribution >= 0.6 is 11.3 Å². The van der Waals surface area contributed by atoms with Gasteiger partial charge in [0.15, 0.2) is 10.8 Å². The second-order valence-corrected chi connectivity index (χ2v) is 10.3. The normalized spacial score (nSPS) is 23.4. The van der Waals surface area contributed by atoms with Crippen molar-refractivity contribution in [3.05, 3.63) is 63.5 Å². The van der Waals surface area contributed by atoms with Gasteiger partial charge >= 0.3 is 5.97 Å². The average Bonchev–Trinajstić information content (AvgIpc) is 3.38. The first-order valence-corrected chi connectivity index (χ1v) is 12.1. The molecule has 11 heteroatoms. The van der Waals surface area contributed by atoms with Gasteiger partial charge in [-0.25, -0.2) is 27.6 Å². The SMILES string of the molecule is COC(=O)C1=C(CN2CCCS2(=O)=O)NC(c2nccs2)=NC1(C)c1ccc(F)cc1. The number of benzene rings is 1. The third kappa shape index (κ3) is 4.00.